The Morgan fingerprint density at radius 2 is 1.77 bits per heavy atom. The van der Waals surface area contributed by atoms with E-state index in [9.17, 15) is 0 Å². The van der Waals surface area contributed by atoms with Crippen LogP contribution in [-0.4, -0.2) is 7.11 Å². The zero-order valence-corrected chi connectivity index (χ0v) is 9.13. The molecule has 13 heavy (non-hydrogen) atoms. The molecule has 0 aliphatic rings. The maximum absolute atomic E-state index is 5.03. The lowest BCUT2D eigenvalue weighted by molar-refractivity contribution is 0.185. The number of rotatable bonds is 3. The molecule has 74 valence electrons. The van der Waals surface area contributed by atoms with E-state index in [1.807, 2.05) is 13.8 Å². The Bertz CT molecular complexity index is 218. The summed E-state index contributed by atoms with van der Waals surface area (Å²) in [5, 5.41) is 0. The first-order chi connectivity index (χ1) is 6.36. The van der Waals surface area contributed by atoms with Crippen molar-refractivity contribution < 1.29 is 4.74 Å². The molecule has 0 aromatic heterocycles. The number of ether oxygens (including phenoxy) is 1. The second-order valence-electron chi connectivity index (χ2n) is 2.61. The van der Waals surface area contributed by atoms with Crippen LogP contribution in [0.4, 0.5) is 0 Å². The number of hydrogen-bond donors (Lipinski definition) is 0. The first-order valence-electron chi connectivity index (χ1n) is 4.93. The SMILES string of the molecule is CC.CCc1cccc(COC)c1. The fraction of sp³-hybridized carbons (Fsp3) is 0.500. The summed E-state index contributed by atoms with van der Waals surface area (Å²) in [4.78, 5) is 0. The van der Waals surface area contributed by atoms with Crippen LogP contribution in [0.15, 0.2) is 24.3 Å². The largest absolute Gasteiger partial charge is 0.380 e. The van der Waals surface area contributed by atoms with Gasteiger partial charge in [0.1, 0.15) is 0 Å². The van der Waals surface area contributed by atoms with Crippen LogP contribution in [0, 0.1) is 0 Å². The van der Waals surface area contributed by atoms with E-state index >= 15 is 0 Å². The predicted octanol–water partition coefficient (Wildman–Crippen LogP) is 3.42. The fourth-order valence-corrected chi connectivity index (χ4v) is 1.11. The summed E-state index contributed by atoms with van der Waals surface area (Å²) in [6.07, 6.45) is 1.09. The monoisotopic (exact) mass is 180 g/mol. The van der Waals surface area contributed by atoms with Crippen molar-refractivity contribution in [1.82, 2.24) is 0 Å². The van der Waals surface area contributed by atoms with Crippen LogP contribution >= 0.6 is 0 Å². The van der Waals surface area contributed by atoms with Crippen LogP contribution in [0.1, 0.15) is 31.9 Å². The minimum Gasteiger partial charge on any atom is -0.380 e. The minimum atomic E-state index is 0.716. The quantitative estimate of drug-likeness (QED) is 0.692. The number of benzene rings is 1. The van der Waals surface area contributed by atoms with Crippen molar-refractivity contribution in [2.75, 3.05) is 7.11 Å². The molecule has 0 aliphatic heterocycles. The zero-order chi connectivity index (χ0) is 10.1. The van der Waals surface area contributed by atoms with E-state index in [-0.39, 0.29) is 0 Å². The third-order valence-electron chi connectivity index (χ3n) is 1.71. The Hall–Kier alpha value is -0.820. The van der Waals surface area contributed by atoms with Gasteiger partial charge in [0.25, 0.3) is 0 Å². The van der Waals surface area contributed by atoms with E-state index in [2.05, 4.69) is 31.2 Å². The third kappa shape index (κ3) is 4.69. The molecule has 1 heteroatoms. The van der Waals surface area contributed by atoms with Crippen LogP contribution in [-0.2, 0) is 17.8 Å². The van der Waals surface area contributed by atoms with Crippen LogP contribution < -0.4 is 0 Å². The molecule has 0 fully saturated rings. The van der Waals surface area contributed by atoms with Crippen molar-refractivity contribution in [2.45, 2.75) is 33.8 Å². The number of methoxy groups -OCH3 is 1. The summed E-state index contributed by atoms with van der Waals surface area (Å²) in [5.41, 5.74) is 2.63. The molecule has 0 unspecified atom stereocenters. The average molecular weight is 180 g/mol. The van der Waals surface area contributed by atoms with Gasteiger partial charge < -0.3 is 4.74 Å². The second kappa shape index (κ2) is 7.81. The molecule has 0 bridgehead atoms. The lowest BCUT2D eigenvalue weighted by Gasteiger charge is -2.01. The van der Waals surface area contributed by atoms with E-state index < -0.39 is 0 Å². The van der Waals surface area contributed by atoms with Crippen LogP contribution in [0.5, 0.6) is 0 Å². The second-order valence-corrected chi connectivity index (χ2v) is 2.61. The van der Waals surface area contributed by atoms with Gasteiger partial charge in [0.2, 0.25) is 0 Å². The van der Waals surface area contributed by atoms with Gasteiger partial charge in [-0.25, -0.2) is 0 Å². The van der Waals surface area contributed by atoms with Crippen LogP contribution in [0.3, 0.4) is 0 Å². The molecule has 0 heterocycles. The predicted molar refractivity (Wildman–Crippen MR) is 57.9 cm³/mol. The van der Waals surface area contributed by atoms with Crippen molar-refractivity contribution in [2.24, 2.45) is 0 Å². The first-order valence-corrected chi connectivity index (χ1v) is 4.93. The normalized spacial score (nSPS) is 8.92. The highest BCUT2D eigenvalue weighted by atomic mass is 16.5. The van der Waals surface area contributed by atoms with Gasteiger partial charge in [0, 0.05) is 7.11 Å². The summed E-state index contributed by atoms with van der Waals surface area (Å²) in [6, 6.07) is 8.48. The maximum atomic E-state index is 5.03. The summed E-state index contributed by atoms with van der Waals surface area (Å²) >= 11 is 0. The van der Waals surface area contributed by atoms with Gasteiger partial charge in [-0.3, -0.25) is 0 Å². The summed E-state index contributed by atoms with van der Waals surface area (Å²) in [7, 11) is 1.72. The third-order valence-corrected chi connectivity index (χ3v) is 1.71. The van der Waals surface area contributed by atoms with Gasteiger partial charge in [-0.1, -0.05) is 45.0 Å². The Labute approximate surface area is 81.7 Å². The standard InChI is InChI=1S/C10H14O.C2H6/c1-3-9-5-4-6-10(7-9)8-11-2;1-2/h4-7H,3,8H2,1-2H3;1-2H3. The van der Waals surface area contributed by atoms with Crippen molar-refractivity contribution in [3.8, 4) is 0 Å². The average Bonchev–Trinajstić information content (AvgIpc) is 2.22. The minimum absolute atomic E-state index is 0.716. The maximum Gasteiger partial charge on any atom is 0.0713 e. The Kier molecular flexibility index (Phi) is 7.32. The molecule has 0 saturated carbocycles. The van der Waals surface area contributed by atoms with Crippen molar-refractivity contribution >= 4 is 0 Å². The molecule has 0 saturated heterocycles. The summed E-state index contributed by atoms with van der Waals surface area (Å²) < 4.78 is 5.03. The van der Waals surface area contributed by atoms with Gasteiger partial charge in [-0.15, -0.1) is 0 Å². The zero-order valence-electron chi connectivity index (χ0n) is 9.13. The molecule has 1 rings (SSSR count). The number of aryl methyl sites for hydroxylation is 1. The smallest absolute Gasteiger partial charge is 0.0713 e. The molecule has 1 nitrogen and oxygen atoms in total. The molecular formula is C12H20O. The van der Waals surface area contributed by atoms with Crippen LogP contribution in [0.2, 0.25) is 0 Å². The molecule has 0 aliphatic carbocycles. The summed E-state index contributed by atoms with van der Waals surface area (Å²) in [5.74, 6) is 0. The summed E-state index contributed by atoms with van der Waals surface area (Å²) in [6.45, 7) is 6.87. The Balaban J connectivity index is 0.000000671. The molecule has 0 spiro atoms. The van der Waals surface area contributed by atoms with Gasteiger partial charge >= 0.3 is 0 Å². The van der Waals surface area contributed by atoms with Crippen molar-refractivity contribution in [3.05, 3.63) is 35.4 Å². The highest BCUT2D eigenvalue weighted by Gasteiger charge is 1.92. The van der Waals surface area contributed by atoms with E-state index in [1.165, 1.54) is 11.1 Å². The Morgan fingerprint density at radius 1 is 1.15 bits per heavy atom. The van der Waals surface area contributed by atoms with Gasteiger partial charge in [0.05, 0.1) is 6.61 Å². The van der Waals surface area contributed by atoms with Gasteiger partial charge in [0.15, 0.2) is 0 Å². The highest BCUT2D eigenvalue weighted by molar-refractivity contribution is 5.22. The lowest BCUT2D eigenvalue weighted by atomic mass is 10.1. The molecule has 0 radical (unpaired) electrons. The van der Waals surface area contributed by atoms with E-state index in [1.54, 1.807) is 7.11 Å². The van der Waals surface area contributed by atoms with E-state index in [0.29, 0.717) is 6.61 Å². The van der Waals surface area contributed by atoms with Gasteiger partial charge in [-0.05, 0) is 17.5 Å². The molecule has 0 N–H and O–H groups in total. The topological polar surface area (TPSA) is 9.23 Å². The molecule has 1 aromatic rings. The van der Waals surface area contributed by atoms with Crippen LogP contribution in [0.25, 0.3) is 0 Å². The molecule has 1 aromatic carbocycles. The highest BCUT2D eigenvalue weighted by Crippen LogP contribution is 2.06. The molecular weight excluding hydrogens is 160 g/mol. The molecule has 0 amide bonds. The van der Waals surface area contributed by atoms with Gasteiger partial charge in [-0.2, -0.15) is 0 Å². The number of hydrogen-bond acceptors (Lipinski definition) is 1. The van der Waals surface area contributed by atoms with Crippen molar-refractivity contribution in [3.63, 3.8) is 0 Å². The lowest BCUT2D eigenvalue weighted by Crippen LogP contribution is -1.88. The van der Waals surface area contributed by atoms with Crippen molar-refractivity contribution in [1.29, 1.82) is 0 Å². The Morgan fingerprint density at radius 3 is 2.31 bits per heavy atom. The van der Waals surface area contributed by atoms with E-state index in [4.69, 9.17) is 4.74 Å². The molecule has 0 atom stereocenters. The fourth-order valence-electron chi connectivity index (χ4n) is 1.11. The first kappa shape index (κ1) is 12.2. The van der Waals surface area contributed by atoms with E-state index in [0.717, 1.165) is 6.42 Å².